The minimum atomic E-state index is -0.300. The van der Waals surface area contributed by atoms with Gasteiger partial charge in [-0.15, -0.1) is 0 Å². The Morgan fingerprint density at radius 2 is 1.95 bits per heavy atom. The van der Waals surface area contributed by atoms with Gasteiger partial charge in [0, 0.05) is 17.6 Å². The minimum Gasteiger partial charge on any atom is -0.457 e. The Balaban J connectivity index is 2.13. The summed E-state index contributed by atoms with van der Waals surface area (Å²) in [6.07, 6.45) is 1.04. The summed E-state index contributed by atoms with van der Waals surface area (Å²) in [4.78, 5) is 0. The standard InChI is InChI=1S/C17H19ClFNO/c1-3-6-20-11-13-8-14(19)10-16(9-13)21-15-4-5-17(18)12(2)7-15/h4-5,7-10,20H,3,6,11H2,1-2H3. The van der Waals surface area contributed by atoms with Crippen LogP contribution >= 0.6 is 11.6 Å². The van der Waals surface area contributed by atoms with Crippen molar-refractivity contribution in [3.8, 4) is 11.5 Å². The maximum Gasteiger partial charge on any atom is 0.130 e. The molecule has 0 aliphatic rings. The molecule has 0 aliphatic carbocycles. The van der Waals surface area contributed by atoms with E-state index in [2.05, 4.69) is 12.2 Å². The van der Waals surface area contributed by atoms with Crippen molar-refractivity contribution in [2.45, 2.75) is 26.8 Å². The molecule has 0 saturated heterocycles. The van der Waals surface area contributed by atoms with Crippen LogP contribution in [0.1, 0.15) is 24.5 Å². The van der Waals surface area contributed by atoms with Gasteiger partial charge in [0.25, 0.3) is 0 Å². The number of hydrogen-bond acceptors (Lipinski definition) is 2. The molecular weight excluding hydrogens is 289 g/mol. The van der Waals surface area contributed by atoms with Crippen LogP contribution in [0.25, 0.3) is 0 Å². The molecule has 2 aromatic carbocycles. The summed E-state index contributed by atoms with van der Waals surface area (Å²) in [7, 11) is 0. The molecule has 21 heavy (non-hydrogen) atoms. The molecule has 2 aromatic rings. The van der Waals surface area contributed by atoms with E-state index in [9.17, 15) is 4.39 Å². The summed E-state index contributed by atoms with van der Waals surface area (Å²) < 4.78 is 19.4. The molecule has 2 nitrogen and oxygen atoms in total. The third-order valence-electron chi connectivity index (χ3n) is 3.05. The molecule has 0 unspecified atom stereocenters. The highest BCUT2D eigenvalue weighted by molar-refractivity contribution is 6.31. The Morgan fingerprint density at radius 3 is 2.67 bits per heavy atom. The van der Waals surface area contributed by atoms with Crippen molar-refractivity contribution in [1.29, 1.82) is 0 Å². The second kappa shape index (κ2) is 7.43. The fraction of sp³-hybridized carbons (Fsp3) is 0.294. The lowest BCUT2D eigenvalue weighted by Gasteiger charge is -2.10. The van der Waals surface area contributed by atoms with E-state index in [1.165, 1.54) is 12.1 Å². The van der Waals surface area contributed by atoms with Crippen molar-refractivity contribution >= 4 is 11.6 Å². The molecule has 0 bridgehead atoms. The normalized spacial score (nSPS) is 10.7. The topological polar surface area (TPSA) is 21.3 Å². The first-order valence-electron chi connectivity index (χ1n) is 7.02. The number of halogens is 2. The van der Waals surface area contributed by atoms with Crippen molar-refractivity contribution in [2.75, 3.05) is 6.54 Å². The fourth-order valence-electron chi connectivity index (χ4n) is 2.01. The zero-order chi connectivity index (χ0) is 15.2. The van der Waals surface area contributed by atoms with Crippen LogP contribution in [0.3, 0.4) is 0 Å². The van der Waals surface area contributed by atoms with Crippen molar-refractivity contribution in [3.63, 3.8) is 0 Å². The van der Waals surface area contributed by atoms with Crippen LogP contribution in [0.4, 0.5) is 4.39 Å². The monoisotopic (exact) mass is 307 g/mol. The van der Waals surface area contributed by atoms with Gasteiger partial charge in [0.15, 0.2) is 0 Å². The molecule has 0 amide bonds. The second-order valence-electron chi connectivity index (χ2n) is 4.99. The molecule has 0 heterocycles. The molecule has 0 atom stereocenters. The smallest absolute Gasteiger partial charge is 0.130 e. The quantitative estimate of drug-likeness (QED) is 0.751. The second-order valence-corrected chi connectivity index (χ2v) is 5.39. The van der Waals surface area contributed by atoms with Gasteiger partial charge in [-0.3, -0.25) is 0 Å². The highest BCUT2D eigenvalue weighted by atomic mass is 35.5. The average molecular weight is 308 g/mol. The van der Waals surface area contributed by atoms with Crippen molar-refractivity contribution in [1.82, 2.24) is 5.32 Å². The molecule has 112 valence electrons. The number of ether oxygens (including phenoxy) is 1. The van der Waals surface area contributed by atoms with Gasteiger partial charge in [-0.25, -0.2) is 4.39 Å². The predicted molar refractivity (Wildman–Crippen MR) is 84.7 cm³/mol. The van der Waals surface area contributed by atoms with Crippen LogP contribution in [-0.4, -0.2) is 6.54 Å². The van der Waals surface area contributed by atoms with E-state index in [1.54, 1.807) is 12.1 Å². The molecular formula is C17H19ClFNO. The van der Waals surface area contributed by atoms with E-state index >= 15 is 0 Å². The number of benzene rings is 2. The van der Waals surface area contributed by atoms with Gasteiger partial charge in [-0.1, -0.05) is 18.5 Å². The molecule has 0 spiro atoms. The lowest BCUT2D eigenvalue weighted by Crippen LogP contribution is -2.13. The first kappa shape index (κ1) is 15.8. The molecule has 0 radical (unpaired) electrons. The summed E-state index contributed by atoms with van der Waals surface area (Å²) in [5.41, 5.74) is 1.79. The number of aryl methyl sites for hydroxylation is 1. The van der Waals surface area contributed by atoms with Gasteiger partial charge >= 0.3 is 0 Å². The van der Waals surface area contributed by atoms with Crippen molar-refractivity contribution in [2.24, 2.45) is 0 Å². The Labute approximate surface area is 129 Å². The van der Waals surface area contributed by atoms with Crippen LogP contribution in [0.15, 0.2) is 36.4 Å². The van der Waals surface area contributed by atoms with E-state index in [1.807, 2.05) is 19.1 Å². The first-order valence-corrected chi connectivity index (χ1v) is 7.40. The maximum atomic E-state index is 13.7. The van der Waals surface area contributed by atoms with E-state index in [4.69, 9.17) is 16.3 Å². The summed E-state index contributed by atoms with van der Waals surface area (Å²) in [6, 6.07) is 10.1. The lowest BCUT2D eigenvalue weighted by atomic mass is 10.2. The van der Waals surface area contributed by atoms with E-state index in [-0.39, 0.29) is 5.82 Å². The van der Waals surface area contributed by atoms with Crippen LogP contribution in [-0.2, 0) is 6.54 Å². The molecule has 4 heteroatoms. The Morgan fingerprint density at radius 1 is 1.14 bits per heavy atom. The maximum absolute atomic E-state index is 13.7. The predicted octanol–water partition coefficient (Wildman–Crippen LogP) is 5.08. The van der Waals surface area contributed by atoms with E-state index in [0.29, 0.717) is 23.1 Å². The first-order chi connectivity index (χ1) is 10.1. The van der Waals surface area contributed by atoms with Crippen LogP contribution in [0, 0.1) is 12.7 Å². The van der Waals surface area contributed by atoms with Crippen molar-refractivity contribution in [3.05, 3.63) is 58.4 Å². The zero-order valence-corrected chi connectivity index (χ0v) is 13.0. The number of rotatable bonds is 6. The SMILES string of the molecule is CCCNCc1cc(F)cc(Oc2ccc(Cl)c(C)c2)c1. The lowest BCUT2D eigenvalue weighted by molar-refractivity contribution is 0.474. The van der Waals surface area contributed by atoms with Gasteiger partial charge in [-0.05, 0) is 61.3 Å². The van der Waals surface area contributed by atoms with E-state index in [0.717, 1.165) is 24.1 Å². The van der Waals surface area contributed by atoms with Gasteiger partial charge in [0.05, 0.1) is 0 Å². The molecule has 0 aliphatic heterocycles. The molecule has 0 saturated carbocycles. The van der Waals surface area contributed by atoms with E-state index < -0.39 is 0 Å². The summed E-state index contributed by atoms with van der Waals surface area (Å²) in [6.45, 7) is 5.53. The third kappa shape index (κ3) is 4.73. The van der Waals surface area contributed by atoms with Gasteiger partial charge in [0.1, 0.15) is 17.3 Å². The minimum absolute atomic E-state index is 0.300. The highest BCUT2D eigenvalue weighted by Gasteiger charge is 2.05. The Bertz CT molecular complexity index is 616. The summed E-state index contributed by atoms with van der Waals surface area (Å²) >= 11 is 5.98. The fourth-order valence-corrected chi connectivity index (χ4v) is 2.13. The van der Waals surface area contributed by atoms with Crippen LogP contribution in [0.5, 0.6) is 11.5 Å². The van der Waals surface area contributed by atoms with Gasteiger partial charge in [0.2, 0.25) is 0 Å². The highest BCUT2D eigenvalue weighted by Crippen LogP contribution is 2.27. The molecule has 2 rings (SSSR count). The third-order valence-corrected chi connectivity index (χ3v) is 3.48. The Kier molecular flexibility index (Phi) is 5.59. The number of hydrogen-bond donors (Lipinski definition) is 1. The summed E-state index contributed by atoms with van der Waals surface area (Å²) in [5, 5.41) is 3.93. The molecule has 1 N–H and O–H groups in total. The van der Waals surface area contributed by atoms with Crippen LogP contribution < -0.4 is 10.1 Å². The van der Waals surface area contributed by atoms with Crippen molar-refractivity contribution < 1.29 is 9.13 Å². The van der Waals surface area contributed by atoms with Gasteiger partial charge < -0.3 is 10.1 Å². The molecule has 0 fully saturated rings. The van der Waals surface area contributed by atoms with Gasteiger partial charge in [-0.2, -0.15) is 0 Å². The summed E-state index contributed by atoms with van der Waals surface area (Å²) in [5.74, 6) is 0.839. The zero-order valence-electron chi connectivity index (χ0n) is 12.2. The largest absolute Gasteiger partial charge is 0.457 e. The Hall–Kier alpha value is -1.58. The molecule has 0 aromatic heterocycles. The van der Waals surface area contributed by atoms with Crippen LogP contribution in [0.2, 0.25) is 5.02 Å². The number of nitrogens with one attached hydrogen (secondary N) is 1. The average Bonchev–Trinajstić information content (AvgIpc) is 2.43.